The minimum Gasteiger partial charge on any atom is -0.495 e. The van der Waals surface area contributed by atoms with Crippen LogP contribution in [0.1, 0.15) is 15.4 Å². The van der Waals surface area contributed by atoms with Crippen LogP contribution in [0.2, 0.25) is 5.02 Å². The van der Waals surface area contributed by atoms with Crippen LogP contribution in [0, 0.1) is 6.92 Å². The number of ether oxygens (including phenoxy) is 1. The van der Waals surface area contributed by atoms with Crippen molar-refractivity contribution in [3.8, 4) is 15.6 Å². The van der Waals surface area contributed by atoms with E-state index in [1.807, 2.05) is 24.4 Å². The fourth-order valence-corrected chi connectivity index (χ4v) is 4.00. The highest BCUT2D eigenvalue weighted by Crippen LogP contribution is 2.33. The molecule has 0 saturated heterocycles. The Morgan fingerprint density at radius 2 is 2.17 bits per heavy atom. The molecule has 0 bridgehead atoms. The average molecular weight is 365 g/mol. The Morgan fingerprint density at radius 1 is 1.35 bits per heavy atom. The summed E-state index contributed by atoms with van der Waals surface area (Å²) in [4.78, 5) is 18.7. The second-order valence-electron chi connectivity index (χ2n) is 4.71. The highest BCUT2D eigenvalue weighted by molar-refractivity contribution is 7.22. The van der Waals surface area contributed by atoms with Gasteiger partial charge in [0.2, 0.25) is 0 Å². The normalized spacial score (nSPS) is 10.6. The van der Waals surface area contributed by atoms with Gasteiger partial charge in [0.25, 0.3) is 5.91 Å². The van der Waals surface area contributed by atoms with Crippen LogP contribution >= 0.6 is 34.3 Å². The van der Waals surface area contributed by atoms with Crippen molar-refractivity contribution in [2.24, 2.45) is 0 Å². The van der Waals surface area contributed by atoms with Crippen LogP contribution in [0.25, 0.3) is 9.88 Å². The lowest BCUT2D eigenvalue weighted by molar-refractivity contribution is 0.102. The maximum atomic E-state index is 12.6. The summed E-state index contributed by atoms with van der Waals surface area (Å²) in [5.74, 6) is 0.340. The van der Waals surface area contributed by atoms with Gasteiger partial charge in [0.05, 0.1) is 23.4 Å². The van der Waals surface area contributed by atoms with Gasteiger partial charge in [-0.2, -0.15) is 0 Å². The quantitative estimate of drug-likeness (QED) is 0.701. The van der Waals surface area contributed by atoms with E-state index in [9.17, 15) is 4.79 Å². The number of carbonyl (C=O) groups is 1. The number of rotatable bonds is 4. The lowest BCUT2D eigenvalue weighted by atomic mass is 10.2. The molecule has 0 spiro atoms. The van der Waals surface area contributed by atoms with Crippen LogP contribution in [0.4, 0.5) is 5.69 Å². The predicted molar refractivity (Wildman–Crippen MR) is 96.1 cm³/mol. The van der Waals surface area contributed by atoms with Crippen molar-refractivity contribution in [2.45, 2.75) is 6.92 Å². The van der Waals surface area contributed by atoms with E-state index in [1.54, 1.807) is 36.6 Å². The van der Waals surface area contributed by atoms with Crippen molar-refractivity contribution in [3.63, 3.8) is 0 Å². The SMILES string of the molecule is COc1ccc(Cl)cc1NC(=O)c1sc(-c2cccs2)nc1C. The van der Waals surface area contributed by atoms with E-state index in [1.165, 1.54) is 11.3 Å². The first-order chi connectivity index (χ1) is 11.1. The van der Waals surface area contributed by atoms with Crippen molar-refractivity contribution in [3.05, 3.63) is 51.3 Å². The zero-order chi connectivity index (χ0) is 16.4. The fourth-order valence-electron chi connectivity index (χ4n) is 2.07. The third-order valence-corrected chi connectivity index (χ3v) is 5.57. The molecule has 0 saturated carbocycles. The summed E-state index contributed by atoms with van der Waals surface area (Å²) in [7, 11) is 1.55. The van der Waals surface area contributed by atoms with Gasteiger partial charge in [0.15, 0.2) is 0 Å². The number of nitrogens with one attached hydrogen (secondary N) is 1. The molecule has 0 aliphatic rings. The molecular weight excluding hydrogens is 352 g/mol. The molecule has 7 heteroatoms. The van der Waals surface area contributed by atoms with Gasteiger partial charge >= 0.3 is 0 Å². The molecule has 118 valence electrons. The van der Waals surface area contributed by atoms with E-state index in [-0.39, 0.29) is 5.91 Å². The summed E-state index contributed by atoms with van der Waals surface area (Å²) in [6.45, 7) is 1.83. The van der Waals surface area contributed by atoms with Crippen molar-refractivity contribution in [2.75, 3.05) is 12.4 Å². The van der Waals surface area contributed by atoms with Gasteiger partial charge in [-0.15, -0.1) is 22.7 Å². The number of nitrogens with zero attached hydrogens (tertiary/aromatic N) is 1. The first-order valence-electron chi connectivity index (χ1n) is 6.74. The Bertz CT molecular complexity index is 844. The highest BCUT2D eigenvalue weighted by Gasteiger charge is 2.18. The van der Waals surface area contributed by atoms with E-state index >= 15 is 0 Å². The van der Waals surface area contributed by atoms with E-state index in [2.05, 4.69) is 10.3 Å². The number of hydrogen-bond acceptors (Lipinski definition) is 5. The molecule has 2 aromatic heterocycles. The van der Waals surface area contributed by atoms with Crippen LogP contribution in [0.5, 0.6) is 5.75 Å². The number of benzene rings is 1. The summed E-state index contributed by atoms with van der Waals surface area (Å²) in [6.07, 6.45) is 0. The summed E-state index contributed by atoms with van der Waals surface area (Å²) in [6, 6.07) is 9.05. The minimum atomic E-state index is -0.219. The molecule has 23 heavy (non-hydrogen) atoms. The van der Waals surface area contributed by atoms with Crippen LogP contribution in [-0.4, -0.2) is 18.0 Å². The molecule has 1 N–H and O–H groups in total. The minimum absolute atomic E-state index is 0.219. The maximum Gasteiger partial charge on any atom is 0.267 e. The number of halogens is 1. The van der Waals surface area contributed by atoms with Gasteiger partial charge in [-0.05, 0) is 36.6 Å². The summed E-state index contributed by atoms with van der Waals surface area (Å²) < 4.78 is 5.25. The van der Waals surface area contributed by atoms with E-state index in [4.69, 9.17) is 16.3 Å². The molecule has 0 fully saturated rings. The maximum absolute atomic E-state index is 12.6. The van der Waals surface area contributed by atoms with Crippen LogP contribution in [-0.2, 0) is 0 Å². The van der Waals surface area contributed by atoms with Gasteiger partial charge in [0, 0.05) is 5.02 Å². The fraction of sp³-hybridized carbons (Fsp3) is 0.125. The summed E-state index contributed by atoms with van der Waals surface area (Å²) in [5, 5.41) is 6.21. The Labute approximate surface area is 146 Å². The molecule has 0 unspecified atom stereocenters. The lowest BCUT2D eigenvalue weighted by Crippen LogP contribution is -2.12. The Morgan fingerprint density at radius 3 is 2.87 bits per heavy atom. The molecule has 3 aromatic rings. The lowest BCUT2D eigenvalue weighted by Gasteiger charge is -2.09. The molecule has 0 aliphatic carbocycles. The molecule has 0 radical (unpaired) electrons. The number of methoxy groups -OCH3 is 1. The van der Waals surface area contributed by atoms with E-state index in [0.29, 0.717) is 27.0 Å². The predicted octanol–water partition coefficient (Wildman–Crippen LogP) is 5.09. The molecule has 1 aromatic carbocycles. The van der Waals surface area contributed by atoms with E-state index < -0.39 is 0 Å². The van der Waals surface area contributed by atoms with Gasteiger partial charge in [0.1, 0.15) is 15.6 Å². The number of hydrogen-bond donors (Lipinski definition) is 1. The zero-order valence-electron chi connectivity index (χ0n) is 12.4. The number of amides is 1. The zero-order valence-corrected chi connectivity index (χ0v) is 14.8. The third-order valence-electron chi connectivity index (χ3n) is 3.14. The number of carbonyl (C=O) groups excluding carboxylic acids is 1. The Hall–Kier alpha value is -1.89. The van der Waals surface area contributed by atoms with Crippen molar-refractivity contribution < 1.29 is 9.53 Å². The number of thiophene rings is 1. The highest BCUT2D eigenvalue weighted by atomic mass is 35.5. The topological polar surface area (TPSA) is 51.2 Å². The molecular formula is C16H13ClN2O2S2. The Kier molecular flexibility index (Phi) is 4.66. The van der Waals surface area contributed by atoms with Gasteiger partial charge in [-0.3, -0.25) is 4.79 Å². The number of anilines is 1. The number of thiazole rings is 1. The monoisotopic (exact) mass is 364 g/mol. The first kappa shape index (κ1) is 16.0. The smallest absolute Gasteiger partial charge is 0.267 e. The van der Waals surface area contributed by atoms with E-state index in [0.717, 1.165) is 9.88 Å². The molecule has 3 rings (SSSR count). The van der Waals surface area contributed by atoms with Crippen LogP contribution in [0.15, 0.2) is 35.7 Å². The first-order valence-corrected chi connectivity index (χ1v) is 8.82. The van der Waals surface area contributed by atoms with Gasteiger partial charge in [-0.1, -0.05) is 17.7 Å². The largest absolute Gasteiger partial charge is 0.495 e. The van der Waals surface area contributed by atoms with Crippen LogP contribution < -0.4 is 10.1 Å². The van der Waals surface area contributed by atoms with Gasteiger partial charge in [-0.25, -0.2) is 4.98 Å². The number of aryl methyl sites for hydroxylation is 1. The second-order valence-corrected chi connectivity index (χ2v) is 7.09. The van der Waals surface area contributed by atoms with Gasteiger partial charge < -0.3 is 10.1 Å². The van der Waals surface area contributed by atoms with Crippen molar-refractivity contribution in [1.82, 2.24) is 4.98 Å². The molecule has 2 heterocycles. The third kappa shape index (κ3) is 3.39. The second kappa shape index (κ2) is 6.70. The molecule has 1 amide bonds. The summed E-state index contributed by atoms with van der Waals surface area (Å²) in [5.41, 5.74) is 1.24. The molecule has 0 aliphatic heterocycles. The van der Waals surface area contributed by atoms with Crippen LogP contribution in [0.3, 0.4) is 0 Å². The standard InChI is InChI=1S/C16H13ClN2O2S2/c1-9-14(23-16(18-9)13-4-3-7-22-13)15(20)19-11-8-10(17)5-6-12(11)21-2/h3-8H,1-2H3,(H,19,20). The average Bonchev–Trinajstić information content (AvgIpc) is 3.16. The molecule has 4 nitrogen and oxygen atoms in total. The summed E-state index contributed by atoms with van der Waals surface area (Å²) >= 11 is 8.97. The number of aromatic nitrogens is 1. The molecule has 0 atom stereocenters. The van der Waals surface area contributed by atoms with Crippen molar-refractivity contribution >= 4 is 45.9 Å². The Balaban J connectivity index is 1.88. The van der Waals surface area contributed by atoms with Crippen molar-refractivity contribution in [1.29, 1.82) is 0 Å².